The minimum absolute atomic E-state index is 0.453. The molecule has 6 atom stereocenters. The first-order valence-corrected chi connectivity index (χ1v) is 18.0. The summed E-state index contributed by atoms with van der Waals surface area (Å²) in [6.45, 7) is 10.1. The molecule has 0 saturated heterocycles. The van der Waals surface area contributed by atoms with E-state index in [1.54, 1.807) is 0 Å². The number of hydrogen-bond acceptors (Lipinski definition) is 1. The molecule has 0 spiro atoms. The molecule has 0 aliphatic rings. The van der Waals surface area contributed by atoms with Gasteiger partial charge < -0.3 is 5.73 Å². The van der Waals surface area contributed by atoms with Crippen molar-refractivity contribution in [1.29, 1.82) is 0 Å². The summed E-state index contributed by atoms with van der Waals surface area (Å²) >= 11 is 0. The van der Waals surface area contributed by atoms with Crippen molar-refractivity contribution in [3.63, 3.8) is 0 Å². The van der Waals surface area contributed by atoms with Crippen LogP contribution in [0.3, 0.4) is 0 Å². The van der Waals surface area contributed by atoms with Crippen molar-refractivity contribution < 1.29 is 0 Å². The van der Waals surface area contributed by atoms with Crippen molar-refractivity contribution in [2.24, 2.45) is 5.73 Å². The number of hydrogen-bond donors (Lipinski definition) is 1. The Morgan fingerprint density at radius 1 is 0.383 bits per heavy atom. The summed E-state index contributed by atoms with van der Waals surface area (Å²) in [6, 6.07) is 52.0. The highest BCUT2D eigenvalue weighted by atomic mass is 14.5. The average molecular weight is 622 g/mol. The van der Waals surface area contributed by atoms with E-state index in [-0.39, 0.29) is 0 Å². The SMILES string of the molecule is CCC(CC(C)c1ccccc1)c1ccc(C(C)CC(CC(CC(C)c2ccccc2)c2ccc(CN)cc2)c2ccccc2)cc1. The van der Waals surface area contributed by atoms with E-state index < -0.39 is 0 Å². The summed E-state index contributed by atoms with van der Waals surface area (Å²) in [5.74, 6) is 2.98. The molecule has 5 aromatic rings. The van der Waals surface area contributed by atoms with Crippen LogP contribution in [-0.2, 0) is 6.54 Å². The quantitative estimate of drug-likeness (QED) is 0.117. The molecule has 5 rings (SSSR count). The van der Waals surface area contributed by atoms with Crippen molar-refractivity contribution in [1.82, 2.24) is 0 Å². The largest absolute Gasteiger partial charge is 0.326 e. The van der Waals surface area contributed by atoms with Gasteiger partial charge in [0, 0.05) is 6.54 Å². The second-order valence-corrected chi connectivity index (χ2v) is 14.0. The lowest BCUT2D eigenvalue weighted by atomic mass is 9.75. The van der Waals surface area contributed by atoms with E-state index in [4.69, 9.17) is 5.73 Å². The van der Waals surface area contributed by atoms with Crippen LogP contribution in [0, 0.1) is 0 Å². The lowest BCUT2D eigenvalue weighted by Crippen LogP contribution is -2.13. The van der Waals surface area contributed by atoms with E-state index in [1.807, 2.05) is 0 Å². The Morgan fingerprint density at radius 2 is 0.702 bits per heavy atom. The molecular formula is C46H55N. The van der Waals surface area contributed by atoms with Crippen LogP contribution in [0.5, 0.6) is 0 Å². The number of rotatable bonds is 16. The first-order valence-electron chi connectivity index (χ1n) is 18.0. The van der Waals surface area contributed by atoms with Crippen LogP contribution in [0.1, 0.15) is 134 Å². The lowest BCUT2D eigenvalue weighted by molar-refractivity contribution is 0.440. The molecule has 6 unspecified atom stereocenters. The summed E-state index contributed by atoms with van der Waals surface area (Å²) < 4.78 is 0. The summed E-state index contributed by atoms with van der Waals surface area (Å²) in [6.07, 6.45) is 5.72. The van der Waals surface area contributed by atoms with Crippen molar-refractivity contribution in [3.05, 3.63) is 178 Å². The van der Waals surface area contributed by atoms with Gasteiger partial charge in [-0.05, 0) is 107 Å². The van der Waals surface area contributed by atoms with Crippen LogP contribution in [0.25, 0.3) is 0 Å². The summed E-state index contributed by atoms with van der Waals surface area (Å²) in [5.41, 5.74) is 15.8. The molecular weight excluding hydrogens is 567 g/mol. The lowest BCUT2D eigenvalue weighted by Gasteiger charge is -2.29. The maximum Gasteiger partial charge on any atom is 0.0178 e. The maximum atomic E-state index is 5.98. The number of benzene rings is 5. The third-order valence-corrected chi connectivity index (χ3v) is 10.6. The molecule has 244 valence electrons. The van der Waals surface area contributed by atoms with Crippen molar-refractivity contribution in [2.45, 2.75) is 102 Å². The van der Waals surface area contributed by atoms with Crippen LogP contribution in [-0.4, -0.2) is 0 Å². The zero-order valence-corrected chi connectivity index (χ0v) is 29.1. The topological polar surface area (TPSA) is 26.0 Å². The van der Waals surface area contributed by atoms with E-state index in [1.165, 1.54) is 45.4 Å². The fourth-order valence-electron chi connectivity index (χ4n) is 7.62. The van der Waals surface area contributed by atoms with E-state index >= 15 is 0 Å². The number of nitrogens with two attached hydrogens (primary N) is 1. The van der Waals surface area contributed by atoms with Crippen LogP contribution >= 0.6 is 0 Å². The van der Waals surface area contributed by atoms with Crippen molar-refractivity contribution in [3.8, 4) is 0 Å². The molecule has 0 aliphatic carbocycles. The summed E-state index contributed by atoms with van der Waals surface area (Å²) in [5, 5.41) is 0. The van der Waals surface area contributed by atoms with Gasteiger partial charge in [0.2, 0.25) is 0 Å². The van der Waals surface area contributed by atoms with Gasteiger partial charge in [0.25, 0.3) is 0 Å². The van der Waals surface area contributed by atoms with Crippen LogP contribution in [0.4, 0.5) is 0 Å². The van der Waals surface area contributed by atoms with Crippen molar-refractivity contribution in [2.75, 3.05) is 0 Å². The maximum absolute atomic E-state index is 5.98. The molecule has 0 heterocycles. The van der Waals surface area contributed by atoms with Gasteiger partial charge >= 0.3 is 0 Å². The molecule has 0 aromatic heterocycles. The van der Waals surface area contributed by atoms with Gasteiger partial charge in [-0.15, -0.1) is 0 Å². The molecule has 0 fully saturated rings. The molecule has 0 aliphatic heterocycles. The zero-order chi connectivity index (χ0) is 33.0. The minimum Gasteiger partial charge on any atom is -0.326 e. The monoisotopic (exact) mass is 621 g/mol. The highest BCUT2D eigenvalue weighted by Gasteiger charge is 2.25. The third-order valence-electron chi connectivity index (χ3n) is 10.6. The highest BCUT2D eigenvalue weighted by molar-refractivity contribution is 5.32. The Morgan fingerprint density at radius 3 is 1.13 bits per heavy atom. The predicted molar refractivity (Wildman–Crippen MR) is 202 cm³/mol. The molecule has 1 nitrogen and oxygen atoms in total. The first-order chi connectivity index (χ1) is 22.9. The van der Waals surface area contributed by atoms with E-state index in [0.29, 0.717) is 42.1 Å². The highest BCUT2D eigenvalue weighted by Crippen LogP contribution is 2.41. The Labute approximate surface area is 285 Å². The standard InChI is InChI=1S/C46H55N/c1-5-38(29-34(2)39-15-9-6-10-16-39)43-27-25-41(26-28-43)36(4)31-45(42-19-13-8-14-20-42)32-46(44-23-21-37(33-47)22-24-44)30-35(3)40-17-11-7-12-18-40/h6-28,34-36,38,45-46H,5,29-33,47H2,1-4H3. The van der Waals surface area contributed by atoms with Crippen LogP contribution in [0.15, 0.2) is 140 Å². The fraction of sp³-hybridized carbons (Fsp3) is 0.348. The van der Waals surface area contributed by atoms with Gasteiger partial charge in [-0.2, -0.15) is 0 Å². The average Bonchev–Trinajstić information content (AvgIpc) is 3.14. The fourth-order valence-corrected chi connectivity index (χ4v) is 7.62. The molecule has 1 heteroatoms. The Hall–Kier alpha value is -3.94. The van der Waals surface area contributed by atoms with Gasteiger partial charge in [0.1, 0.15) is 0 Å². The third kappa shape index (κ3) is 9.55. The van der Waals surface area contributed by atoms with Crippen LogP contribution < -0.4 is 5.73 Å². The van der Waals surface area contributed by atoms with Gasteiger partial charge in [0.15, 0.2) is 0 Å². The van der Waals surface area contributed by atoms with E-state index in [0.717, 1.165) is 25.7 Å². The Balaban J connectivity index is 1.35. The molecule has 47 heavy (non-hydrogen) atoms. The van der Waals surface area contributed by atoms with Crippen molar-refractivity contribution >= 4 is 0 Å². The van der Waals surface area contributed by atoms with Gasteiger partial charge in [-0.1, -0.05) is 167 Å². The predicted octanol–water partition coefficient (Wildman–Crippen LogP) is 12.5. The molecule has 0 amide bonds. The second-order valence-electron chi connectivity index (χ2n) is 14.0. The van der Waals surface area contributed by atoms with Gasteiger partial charge in [-0.3, -0.25) is 0 Å². The normalized spacial score (nSPS) is 15.3. The summed E-state index contributed by atoms with van der Waals surface area (Å²) in [7, 11) is 0. The smallest absolute Gasteiger partial charge is 0.0178 e. The van der Waals surface area contributed by atoms with E-state index in [2.05, 4.69) is 167 Å². The second kappa shape index (κ2) is 17.3. The molecule has 2 N–H and O–H groups in total. The minimum atomic E-state index is 0.453. The molecule has 0 radical (unpaired) electrons. The van der Waals surface area contributed by atoms with E-state index in [9.17, 15) is 0 Å². The van der Waals surface area contributed by atoms with Crippen LogP contribution in [0.2, 0.25) is 0 Å². The zero-order valence-electron chi connectivity index (χ0n) is 29.1. The summed E-state index contributed by atoms with van der Waals surface area (Å²) in [4.78, 5) is 0. The Kier molecular flexibility index (Phi) is 12.6. The van der Waals surface area contributed by atoms with Gasteiger partial charge in [0.05, 0.1) is 0 Å². The van der Waals surface area contributed by atoms with Gasteiger partial charge in [-0.25, -0.2) is 0 Å². The molecule has 0 bridgehead atoms. The Bertz CT molecular complexity index is 1570. The first kappa shape index (κ1) is 34.4. The molecule has 5 aromatic carbocycles. The molecule has 0 saturated carbocycles.